The molecule has 1 amide bonds. The molecule has 0 saturated heterocycles. The number of hydrogen-bond acceptors (Lipinski definition) is 3. The average Bonchev–Trinajstić information content (AvgIpc) is 2.44. The van der Waals surface area contributed by atoms with Crippen LogP contribution in [0, 0.1) is 17.8 Å². The van der Waals surface area contributed by atoms with Gasteiger partial charge >= 0.3 is 0 Å². The van der Waals surface area contributed by atoms with Gasteiger partial charge in [0.15, 0.2) is 0 Å². The molecule has 1 rings (SSSR count). The predicted octanol–water partition coefficient (Wildman–Crippen LogP) is 0.844. The van der Waals surface area contributed by atoms with Crippen molar-refractivity contribution in [3.8, 4) is 11.8 Å². The molecule has 0 radical (unpaired) electrons. The quantitative estimate of drug-likeness (QED) is 0.783. The van der Waals surface area contributed by atoms with Crippen LogP contribution in [-0.2, 0) is 11.3 Å². The summed E-state index contributed by atoms with van der Waals surface area (Å²) in [5.74, 6) is 5.55. The highest BCUT2D eigenvalue weighted by Crippen LogP contribution is 2.08. The van der Waals surface area contributed by atoms with Crippen LogP contribution in [0.4, 0.5) is 0 Å². The van der Waals surface area contributed by atoms with E-state index < -0.39 is 0 Å². The second-order valence-electron chi connectivity index (χ2n) is 4.87. The van der Waals surface area contributed by atoms with Gasteiger partial charge in [0, 0.05) is 31.6 Å². The SMILES string of the molecule is CNC(=O)C(C)CN(C)Cc1cccc(C#CCO)c1. The highest BCUT2D eigenvalue weighted by Gasteiger charge is 2.13. The molecule has 0 aliphatic carbocycles. The Morgan fingerprint density at radius 2 is 2.25 bits per heavy atom. The highest BCUT2D eigenvalue weighted by molar-refractivity contribution is 5.78. The maximum absolute atomic E-state index is 11.5. The zero-order valence-electron chi connectivity index (χ0n) is 12.3. The first kappa shape index (κ1) is 16.2. The molecule has 0 aliphatic heterocycles. The number of rotatable bonds is 5. The second kappa shape index (κ2) is 8.36. The molecule has 4 nitrogen and oxygen atoms in total. The van der Waals surface area contributed by atoms with Crippen molar-refractivity contribution in [1.29, 1.82) is 0 Å². The van der Waals surface area contributed by atoms with Gasteiger partial charge in [-0.25, -0.2) is 0 Å². The molecule has 1 unspecified atom stereocenters. The van der Waals surface area contributed by atoms with Crippen LogP contribution in [0.3, 0.4) is 0 Å². The Bertz CT molecular complexity index is 503. The van der Waals surface area contributed by atoms with Gasteiger partial charge in [-0.15, -0.1) is 0 Å². The number of aliphatic hydroxyl groups is 1. The molecule has 0 saturated carbocycles. The first-order valence-corrected chi connectivity index (χ1v) is 6.65. The van der Waals surface area contributed by atoms with Crippen molar-refractivity contribution in [1.82, 2.24) is 10.2 Å². The van der Waals surface area contributed by atoms with Crippen LogP contribution < -0.4 is 5.32 Å². The van der Waals surface area contributed by atoms with Crippen molar-refractivity contribution in [2.75, 3.05) is 27.2 Å². The molecule has 0 heterocycles. The zero-order chi connectivity index (χ0) is 15.0. The number of benzene rings is 1. The molecule has 0 aromatic heterocycles. The summed E-state index contributed by atoms with van der Waals surface area (Å²) in [5, 5.41) is 11.4. The van der Waals surface area contributed by atoms with Gasteiger partial charge in [-0.05, 0) is 24.7 Å². The molecule has 4 heteroatoms. The molecule has 0 spiro atoms. The van der Waals surface area contributed by atoms with E-state index in [1.807, 2.05) is 38.2 Å². The number of nitrogens with zero attached hydrogens (tertiary/aromatic N) is 1. The van der Waals surface area contributed by atoms with Gasteiger partial charge in [0.05, 0.1) is 0 Å². The molecule has 1 atom stereocenters. The third-order valence-corrected chi connectivity index (χ3v) is 2.97. The minimum Gasteiger partial charge on any atom is -0.384 e. The Balaban J connectivity index is 2.61. The van der Waals surface area contributed by atoms with Gasteiger partial charge in [0.2, 0.25) is 5.91 Å². The van der Waals surface area contributed by atoms with E-state index in [-0.39, 0.29) is 18.4 Å². The van der Waals surface area contributed by atoms with E-state index in [9.17, 15) is 4.79 Å². The minimum absolute atomic E-state index is 0.0395. The fraction of sp³-hybridized carbons (Fsp3) is 0.438. The summed E-state index contributed by atoms with van der Waals surface area (Å²) in [6.45, 7) is 3.24. The first-order chi connectivity index (χ1) is 9.56. The van der Waals surface area contributed by atoms with Crippen molar-refractivity contribution in [2.45, 2.75) is 13.5 Å². The summed E-state index contributed by atoms with van der Waals surface area (Å²) in [5.41, 5.74) is 2.03. The predicted molar refractivity (Wildman–Crippen MR) is 80.0 cm³/mol. The van der Waals surface area contributed by atoms with Gasteiger partial charge in [0.25, 0.3) is 0 Å². The monoisotopic (exact) mass is 274 g/mol. The number of carbonyl (C=O) groups is 1. The van der Waals surface area contributed by atoms with E-state index in [4.69, 9.17) is 5.11 Å². The Hall–Kier alpha value is -1.83. The molecule has 1 aromatic carbocycles. The van der Waals surface area contributed by atoms with Crippen LogP contribution in [0.1, 0.15) is 18.1 Å². The fourth-order valence-corrected chi connectivity index (χ4v) is 2.06. The summed E-state index contributed by atoms with van der Waals surface area (Å²) in [6.07, 6.45) is 0. The third-order valence-electron chi connectivity index (χ3n) is 2.97. The lowest BCUT2D eigenvalue weighted by atomic mass is 10.1. The summed E-state index contributed by atoms with van der Waals surface area (Å²) in [6, 6.07) is 7.90. The smallest absolute Gasteiger partial charge is 0.223 e. The Morgan fingerprint density at radius 1 is 1.50 bits per heavy atom. The van der Waals surface area contributed by atoms with E-state index in [1.165, 1.54) is 0 Å². The van der Waals surface area contributed by atoms with Gasteiger partial charge in [0.1, 0.15) is 6.61 Å². The van der Waals surface area contributed by atoms with Gasteiger partial charge in [-0.3, -0.25) is 4.79 Å². The fourth-order valence-electron chi connectivity index (χ4n) is 2.06. The molecule has 0 aliphatic rings. The number of nitrogens with one attached hydrogen (secondary N) is 1. The zero-order valence-corrected chi connectivity index (χ0v) is 12.3. The van der Waals surface area contributed by atoms with E-state index in [0.717, 1.165) is 17.7 Å². The van der Waals surface area contributed by atoms with Crippen molar-refractivity contribution < 1.29 is 9.90 Å². The Kier molecular flexibility index (Phi) is 6.78. The van der Waals surface area contributed by atoms with Crippen LogP contribution in [0.25, 0.3) is 0 Å². The number of carbonyl (C=O) groups excluding carboxylic acids is 1. The molecule has 0 bridgehead atoms. The number of amides is 1. The van der Waals surface area contributed by atoms with E-state index in [0.29, 0.717) is 6.54 Å². The summed E-state index contributed by atoms with van der Waals surface area (Å²) < 4.78 is 0. The molecule has 0 fully saturated rings. The highest BCUT2D eigenvalue weighted by atomic mass is 16.2. The third kappa shape index (κ3) is 5.43. The number of hydrogen-bond donors (Lipinski definition) is 2. The van der Waals surface area contributed by atoms with Crippen LogP contribution in [0.5, 0.6) is 0 Å². The van der Waals surface area contributed by atoms with Gasteiger partial charge < -0.3 is 15.3 Å². The first-order valence-electron chi connectivity index (χ1n) is 6.65. The van der Waals surface area contributed by atoms with Gasteiger partial charge in [-0.2, -0.15) is 0 Å². The lowest BCUT2D eigenvalue weighted by Gasteiger charge is -2.20. The minimum atomic E-state index is -0.131. The number of aliphatic hydroxyl groups excluding tert-OH is 1. The van der Waals surface area contributed by atoms with Crippen molar-refractivity contribution in [3.63, 3.8) is 0 Å². The lowest BCUT2D eigenvalue weighted by molar-refractivity contribution is -0.124. The molecule has 20 heavy (non-hydrogen) atoms. The van der Waals surface area contributed by atoms with Crippen LogP contribution >= 0.6 is 0 Å². The topological polar surface area (TPSA) is 52.6 Å². The summed E-state index contributed by atoms with van der Waals surface area (Å²) in [4.78, 5) is 13.6. The molecular weight excluding hydrogens is 252 g/mol. The standard InChI is InChI=1S/C16H22N2O2/c1-13(16(20)17-2)11-18(3)12-15-7-4-6-14(10-15)8-5-9-19/h4,6-7,10,13,19H,9,11-12H2,1-3H3,(H,17,20). The Morgan fingerprint density at radius 3 is 2.90 bits per heavy atom. The average molecular weight is 274 g/mol. The van der Waals surface area contributed by atoms with Crippen LogP contribution in [0.15, 0.2) is 24.3 Å². The van der Waals surface area contributed by atoms with E-state index in [1.54, 1.807) is 7.05 Å². The van der Waals surface area contributed by atoms with E-state index >= 15 is 0 Å². The maximum atomic E-state index is 11.5. The van der Waals surface area contributed by atoms with E-state index in [2.05, 4.69) is 22.1 Å². The van der Waals surface area contributed by atoms with Crippen LogP contribution in [-0.4, -0.2) is 43.2 Å². The Labute approximate surface area is 120 Å². The maximum Gasteiger partial charge on any atom is 0.223 e. The molecular formula is C16H22N2O2. The largest absolute Gasteiger partial charge is 0.384 e. The lowest BCUT2D eigenvalue weighted by Crippen LogP contribution is -2.34. The molecule has 2 N–H and O–H groups in total. The van der Waals surface area contributed by atoms with Gasteiger partial charge in [-0.1, -0.05) is 30.9 Å². The van der Waals surface area contributed by atoms with Crippen molar-refractivity contribution in [2.24, 2.45) is 5.92 Å². The van der Waals surface area contributed by atoms with Crippen molar-refractivity contribution in [3.05, 3.63) is 35.4 Å². The van der Waals surface area contributed by atoms with Crippen molar-refractivity contribution >= 4 is 5.91 Å². The van der Waals surface area contributed by atoms with Crippen LogP contribution in [0.2, 0.25) is 0 Å². The summed E-state index contributed by atoms with van der Waals surface area (Å²) in [7, 11) is 3.65. The normalized spacial score (nSPS) is 11.7. The second-order valence-corrected chi connectivity index (χ2v) is 4.87. The molecule has 108 valence electrons. The summed E-state index contributed by atoms with van der Waals surface area (Å²) >= 11 is 0. The molecule has 1 aromatic rings.